The van der Waals surface area contributed by atoms with E-state index in [-0.39, 0.29) is 12.3 Å². The fraction of sp³-hybridized carbons (Fsp3) is 0.750. The molecular formula is C8H12ClF2NO2. The van der Waals surface area contributed by atoms with Crippen LogP contribution in [0.3, 0.4) is 0 Å². The number of halogens is 3. The number of rotatable bonds is 5. The van der Waals surface area contributed by atoms with E-state index in [2.05, 4.69) is 0 Å². The summed E-state index contributed by atoms with van der Waals surface area (Å²) in [6.07, 6.45) is -2.81. The molecule has 1 amide bonds. The minimum absolute atomic E-state index is 0.278. The normalized spacial score (nSPS) is 12.7. The Labute approximate surface area is 86.0 Å². The number of nitrogens with zero attached hydrogens (tertiary/aromatic N) is 1. The average molecular weight is 228 g/mol. The van der Waals surface area contributed by atoms with Crippen molar-refractivity contribution in [1.82, 2.24) is 4.90 Å². The molecule has 0 heterocycles. The molecule has 0 bridgehead atoms. The van der Waals surface area contributed by atoms with Crippen molar-refractivity contribution in [2.45, 2.75) is 25.8 Å². The van der Waals surface area contributed by atoms with Crippen molar-refractivity contribution in [2.75, 3.05) is 12.9 Å². The van der Waals surface area contributed by atoms with Gasteiger partial charge in [0, 0.05) is 7.05 Å². The Balaban J connectivity index is 4.53. The van der Waals surface area contributed by atoms with Crippen LogP contribution in [0, 0.1) is 0 Å². The molecule has 82 valence electrons. The van der Waals surface area contributed by atoms with Gasteiger partial charge in [-0.05, 0) is 6.42 Å². The molecule has 0 rings (SSSR count). The lowest BCUT2D eigenvalue weighted by atomic mass is 10.1. The van der Waals surface area contributed by atoms with Crippen molar-refractivity contribution in [2.24, 2.45) is 0 Å². The summed E-state index contributed by atoms with van der Waals surface area (Å²) < 4.78 is 24.0. The molecule has 0 aromatic heterocycles. The van der Waals surface area contributed by atoms with Crippen LogP contribution in [0.2, 0.25) is 0 Å². The summed E-state index contributed by atoms with van der Waals surface area (Å²) in [5.74, 6) is -2.06. The predicted octanol–water partition coefficient (Wildman–Crippen LogP) is 1.30. The molecule has 0 aliphatic rings. The Morgan fingerprint density at radius 3 is 2.21 bits per heavy atom. The molecular weight excluding hydrogens is 216 g/mol. The lowest BCUT2D eigenvalue weighted by Gasteiger charge is -2.25. The Kier molecular flexibility index (Phi) is 5.60. The highest BCUT2D eigenvalue weighted by atomic mass is 35.5. The molecule has 14 heavy (non-hydrogen) atoms. The standard InChI is InChI=1S/C8H12ClF2NO2/c1-3-5(6(13)4-9)12(2)8(14)7(10)11/h5,7H,3-4H2,1-2H3. The third-order valence-electron chi connectivity index (χ3n) is 1.89. The molecule has 0 aromatic rings. The van der Waals surface area contributed by atoms with Crippen LogP contribution in [0.4, 0.5) is 8.78 Å². The quantitative estimate of drug-likeness (QED) is 0.664. The van der Waals surface area contributed by atoms with E-state index in [4.69, 9.17) is 11.6 Å². The fourth-order valence-corrected chi connectivity index (χ4v) is 1.29. The van der Waals surface area contributed by atoms with Gasteiger partial charge in [-0.2, -0.15) is 8.78 Å². The van der Waals surface area contributed by atoms with Gasteiger partial charge in [-0.15, -0.1) is 11.6 Å². The number of hydrogen-bond donors (Lipinski definition) is 0. The second-order valence-electron chi connectivity index (χ2n) is 2.77. The molecule has 0 fully saturated rings. The summed E-state index contributed by atoms with van der Waals surface area (Å²) in [4.78, 5) is 22.7. The van der Waals surface area contributed by atoms with E-state index in [1.807, 2.05) is 0 Å². The smallest absolute Gasteiger partial charge is 0.315 e. The van der Waals surface area contributed by atoms with Crippen molar-refractivity contribution >= 4 is 23.3 Å². The third kappa shape index (κ3) is 3.21. The van der Waals surface area contributed by atoms with Gasteiger partial charge >= 0.3 is 6.43 Å². The van der Waals surface area contributed by atoms with E-state index in [1.165, 1.54) is 7.05 Å². The first kappa shape index (κ1) is 13.3. The van der Waals surface area contributed by atoms with Gasteiger partial charge in [0.2, 0.25) is 0 Å². The molecule has 0 N–H and O–H groups in total. The maximum Gasteiger partial charge on any atom is 0.315 e. The number of ketones is 1. The first-order chi connectivity index (χ1) is 6.45. The van der Waals surface area contributed by atoms with E-state index >= 15 is 0 Å². The molecule has 1 atom stereocenters. The van der Waals surface area contributed by atoms with E-state index < -0.39 is 24.2 Å². The molecule has 0 saturated heterocycles. The van der Waals surface area contributed by atoms with Crippen molar-refractivity contribution in [3.05, 3.63) is 0 Å². The highest BCUT2D eigenvalue weighted by molar-refractivity contribution is 6.28. The van der Waals surface area contributed by atoms with Gasteiger partial charge in [-0.3, -0.25) is 9.59 Å². The Bertz CT molecular complexity index is 223. The largest absolute Gasteiger partial charge is 0.331 e. The second-order valence-corrected chi connectivity index (χ2v) is 3.04. The van der Waals surface area contributed by atoms with Gasteiger partial charge in [0.05, 0.1) is 11.9 Å². The van der Waals surface area contributed by atoms with Crippen molar-refractivity contribution in [3.63, 3.8) is 0 Å². The van der Waals surface area contributed by atoms with Gasteiger partial charge in [-0.1, -0.05) is 6.92 Å². The average Bonchev–Trinajstić information content (AvgIpc) is 2.16. The predicted molar refractivity (Wildman–Crippen MR) is 48.6 cm³/mol. The number of amides is 1. The van der Waals surface area contributed by atoms with Crippen molar-refractivity contribution < 1.29 is 18.4 Å². The Morgan fingerprint density at radius 2 is 1.93 bits per heavy atom. The van der Waals surface area contributed by atoms with Crippen LogP contribution in [0.25, 0.3) is 0 Å². The number of alkyl halides is 3. The summed E-state index contributed by atoms with van der Waals surface area (Å²) in [7, 11) is 1.17. The van der Waals surface area contributed by atoms with Gasteiger partial charge in [0.15, 0.2) is 5.78 Å². The number of carbonyl (C=O) groups excluding carboxylic acids is 2. The zero-order valence-electron chi connectivity index (χ0n) is 7.97. The first-order valence-corrected chi connectivity index (χ1v) is 4.62. The summed E-state index contributed by atoms with van der Waals surface area (Å²) >= 11 is 5.28. The molecule has 6 heteroatoms. The third-order valence-corrected chi connectivity index (χ3v) is 2.16. The summed E-state index contributed by atoms with van der Waals surface area (Å²) in [6, 6.07) is -0.853. The first-order valence-electron chi connectivity index (χ1n) is 4.09. The van der Waals surface area contributed by atoms with Crippen LogP contribution in [0.15, 0.2) is 0 Å². The molecule has 0 aliphatic heterocycles. The zero-order valence-corrected chi connectivity index (χ0v) is 8.72. The fourth-order valence-electron chi connectivity index (χ4n) is 1.11. The lowest BCUT2D eigenvalue weighted by Crippen LogP contribution is -2.45. The molecule has 0 radical (unpaired) electrons. The van der Waals surface area contributed by atoms with E-state index in [1.54, 1.807) is 6.92 Å². The molecule has 0 spiro atoms. The summed E-state index contributed by atoms with van der Waals surface area (Å²) in [5.41, 5.74) is 0. The molecule has 0 saturated carbocycles. The maximum absolute atomic E-state index is 12.0. The lowest BCUT2D eigenvalue weighted by molar-refractivity contribution is -0.146. The number of Topliss-reactive ketones (excluding diaryl/α,β-unsaturated/α-hetero) is 1. The molecule has 1 unspecified atom stereocenters. The highest BCUT2D eigenvalue weighted by Crippen LogP contribution is 2.08. The topological polar surface area (TPSA) is 37.4 Å². The Morgan fingerprint density at radius 1 is 1.43 bits per heavy atom. The molecule has 0 aromatic carbocycles. The van der Waals surface area contributed by atoms with Gasteiger partial charge in [0.1, 0.15) is 0 Å². The zero-order chi connectivity index (χ0) is 11.3. The number of likely N-dealkylation sites (N-methyl/N-ethyl adjacent to an activating group) is 1. The van der Waals surface area contributed by atoms with E-state index in [9.17, 15) is 18.4 Å². The minimum Gasteiger partial charge on any atom is -0.331 e. The van der Waals surface area contributed by atoms with Gasteiger partial charge in [-0.25, -0.2) is 0 Å². The second kappa shape index (κ2) is 5.90. The highest BCUT2D eigenvalue weighted by Gasteiger charge is 2.29. The van der Waals surface area contributed by atoms with Crippen LogP contribution in [0.5, 0.6) is 0 Å². The van der Waals surface area contributed by atoms with Crippen LogP contribution < -0.4 is 0 Å². The van der Waals surface area contributed by atoms with Crippen LogP contribution in [0.1, 0.15) is 13.3 Å². The maximum atomic E-state index is 12.0. The summed E-state index contributed by atoms with van der Waals surface area (Å²) in [5, 5.41) is 0. The van der Waals surface area contributed by atoms with Gasteiger partial charge < -0.3 is 4.90 Å². The van der Waals surface area contributed by atoms with Crippen LogP contribution in [-0.4, -0.2) is 42.0 Å². The number of carbonyl (C=O) groups is 2. The van der Waals surface area contributed by atoms with Crippen molar-refractivity contribution in [1.29, 1.82) is 0 Å². The number of hydrogen-bond acceptors (Lipinski definition) is 2. The van der Waals surface area contributed by atoms with Crippen LogP contribution >= 0.6 is 11.6 Å². The van der Waals surface area contributed by atoms with Crippen LogP contribution in [-0.2, 0) is 9.59 Å². The van der Waals surface area contributed by atoms with Crippen molar-refractivity contribution in [3.8, 4) is 0 Å². The Hall–Kier alpha value is -0.710. The molecule has 0 aliphatic carbocycles. The van der Waals surface area contributed by atoms with E-state index in [0.29, 0.717) is 0 Å². The van der Waals surface area contributed by atoms with Gasteiger partial charge in [0.25, 0.3) is 5.91 Å². The minimum atomic E-state index is -3.09. The SMILES string of the molecule is CCC(C(=O)CCl)N(C)C(=O)C(F)F. The molecule has 3 nitrogen and oxygen atoms in total. The van der Waals surface area contributed by atoms with E-state index in [0.717, 1.165) is 4.90 Å². The summed E-state index contributed by atoms with van der Waals surface area (Å²) in [6.45, 7) is 1.63. The monoisotopic (exact) mass is 227 g/mol.